The number of amides is 2. The number of nitrogens with zero attached hydrogens (tertiary/aromatic N) is 2. The summed E-state index contributed by atoms with van der Waals surface area (Å²) in [6.07, 6.45) is 5.06. The number of nitrogens with two attached hydrogens (primary N) is 1. The SMILES string of the molecule is CCc1c(C(=O)C(N)=O)c2c(OCC(=O)N(O)C3CCCCC3)cccc2n1Cc1ccccc1. The Bertz CT molecular complexity index is 1230. The zero-order valence-corrected chi connectivity index (χ0v) is 19.9. The maximum Gasteiger partial charge on any atom is 0.289 e. The van der Waals surface area contributed by atoms with Gasteiger partial charge in [0, 0.05) is 12.2 Å². The highest BCUT2D eigenvalue weighted by molar-refractivity contribution is 6.45. The minimum Gasteiger partial charge on any atom is -0.483 e. The van der Waals surface area contributed by atoms with Crippen LogP contribution in [0.2, 0.25) is 0 Å². The molecule has 8 heteroatoms. The van der Waals surface area contributed by atoms with Crippen molar-refractivity contribution in [3.05, 3.63) is 65.4 Å². The quantitative estimate of drug-likeness (QED) is 0.210. The predicted molar refractivity (Wildman–Crippen MR) is 131 cm³/mol. The first kappa shape index (κ1) is 24.5. The number of ether oxygens (including phenoxy) is 1. The molecule has 184 valence electrons. The normalized spacial score (nSPS) is 14.1. The summed E-state index contributed by atoms with van der Waals surface area (Å²) in [5.41, 5.74) is 8.00. The van der Waals surface area contributed by atoms with Gasteiger partial charge in [0.2, 0.25) is 0 Å². The number of hydroxylamine groups is 2. The van der Waals surface area contributed by atoms with E-state index in [1.807, 2.05) is 47.9 Å². The number of benzene rings is 2. The van der Waals surface area contributed by atoms with E-state index in [4.69, 9.17) is 10.5 Å². The van der Waals surface area contributed by atoms with Crippen LogP contribution in [0.25, 0.3) is 10.9 Å². The highest BCUT2D eigenvalue weighted by Crippen LogP contribution is 2.35. The van der Waals surface area contributed by atoms with Crippen LogP contribution >= 0.6 is 0 Å². The van der Waals surface area contributed by atoms with Gasteiger partial charge in [-0.15, -0.1) is 0 Å². The van der Waals surface area contributed by atoms with E-state index in [1.165, 1.54) is 0 Å². The number of Topliss-reactive ketones (excluding diaryl/α,β-unsaturated/α-hetero) is 1. The number of carbonyl (C=O) groups is 3. The first-order valence-electron chi connectivity index (χ1n) is 12.1. The Labute approximate surface area is 204 Å². The molecule has 0 saturated heterocycles. The van der Waals surface area contributed by atoms with Gasteiger partial charge in [-0.25, -0.2) is 5.06 Å². The van der Waals surface area contributed by atoms with Gasteiger partial charge in [-0.05, 0) is 37.0 Å². The first-order valence-corrected chi connectivity index (χ1v) is 12.1. The van der Waals surface area contributed by atoms with Crippen LogP contribution in [0, 0.1) is 0 Å². The van der Waals surface area contributed by atoms with E-state index in [0.29, 0.717) is 35.3 Å². The molecule has 0 atom stereocenters. The molecule has 1 fully saturated rings. The number of aromatic nitrogens is 1. The van der Waals surface area contributed by atoms with Crippen LogP contribution in [0.4, 0.5) is 0 Å². The van der Waals surface area contributed by atoms with E-state index in [9.17, 15) is 19.6 Å². The van der Waals surface area contributed by atoms with Gasteiger partial charge in [-0.3, -0.25) is 19.6 Å². The van der Waals surface area contributed by atoms with Crippen LogP contribution in [0.1, 0.15) is 60.6 Å². The summed E-state index contributed by atoms with van der Waals surface area (Å²) < 4.78 is 7.84. The number of fused-ring (bicyclic) bond motifs is 1. The average molecular weight is 478 g/mol. The van der Waals surface area contributed by atoms with Crippen molar-refractivity contribution >= 4 is 28.5 Å². The Hall–Kier alpha value is -3.65. The third-order valence-electron chi connectivity index (χ3n) is 6.66. The van der Waals surface area contributed by atoms with E-state index < -0.39 is 17.6 Å². The second-order valence-corrected chi connectivity index (χ2v) is 8.91. The number of ketones is 1. The highest BCUT2D eigenvalue weighted by Gasteiger charge is 2.28. The molecule has 4 rings (SSSR count). The molecule has 8 nitrogen and oxygen atoms in total. The maximum atomic E-state index is 13.0. The summed E-state index contributed by atoms with van der Waals surface area (Å²) >= 11 is 0. The predicted octanol–water partition coefficient (Wildman–Crippen LogP) is 3.85. The van der Waals surface area contributed by atoms with Crippen LogP contribution in [-0.2, 0) is 22.6 Å². The summed E-state index contributed by atoms with van der Waals surface area (Å²) in [6.45, 7) is 2.01. The molecule has 0 radical (unpaired) electrons. The van der Waals surface area contributed by atoms with Crippen molar-refractivity contribution in [3.8, 4) is 5.75 Å². The fraction of sp³-hybridized carbons (Fsp3) is 0.370. The van der Waals surface area contributed by atoms with Gasteiger partial charge in [0.15, 0.2) is 6.61 Å². The summed E-state index contributed by atoms with van der Waals surface area (Å²) in [6, 6.07) is 14.9. The molecular formula is C27H31N3O5. The van der Waals surface area contributed by atoms with Gasteiger partial charge in [0.1, 0.15) is 5.75 Å². The Morgan fingerprint density at radius 1 is 1.06 bits per heavy atom. The average Bonchev–Trinajstić information content (AvgIpc) is 3.20. The fourth-order valence-corrected chi connectivity index (χ4v) is 4.96. The first-order chi connectivity index (χ1) is 16.9. The van der Waals surface area contributed by atoms with Crippen LogP contribution in [0.5, 0.6) is 5.75 Å². The van der Waals surface area contributed by atoms with Crippen LogP contribution in [0.3, 0.4) is 0 Å². The van der Waals surface area contributed by atoms with E-state index in [2.05, 4.69) is 0 Å². The van der Waals surface area contributed by atoms with Crippen LogP contribution in [0.15, 0.2) is 48.5 Å². The molecule has 1 aliphatic rings. The molecule has 3 N–H and O–H groups in total. The smallest absolute Gasteiger partial charge is 0.289 e. The minimum atomic E-state index is -1.05. The molecule has 0 bridgehead atoms. The van der Waals surface area contributed by atoms with E-state index in [-0.39, 0.29) is 18.2 Å². The van der Waals surface area contributed by atoms with E-state index in [0.717, 1.165) is 42.7 Å². The molecule has 2 amide bonds. The van der Waals surface area contributed by atoms with Crippen molar-refractivity contribution in [2.45, 2.75) is 58.0 Å². The molecule has 0 unspecified atom stereocenters. The molecule has 3 aromatic rings. The number of rotatable bonds is 9. The number of primary amides is 1. The van der Waals surface area contributed by atoms with Gasteiger partial charge >= 0.3 is 0 Å². The summed E-state index contributed by atoms with van der Waals surface area (Å²) in [4.78, 5) is 37.6. The van der Waals surface area contributed by atoms with Crippen LogP contribution in [-0.4, -0.2) is 45.1 Å². The molecule has 0 spiro atoms. The lowest BCUT2D eigenvalue weighted by Gasteiger charge is -2.29. The van der Waals surface area contributed by atoms with E-state index in [1.54, 1.807) is 12.1 Å². The lowest BCUT2D eigenvalue weighted by molar-refractivity contribution is -0.180. The Morgan fingerprint density at radius 2 is 1.77 bits per heavy atom. The number of hydrogen-bond acceptors (Lipinski definition) is 5. The number of hydrogen-bond donors (Lipinski definition) is 2. The standard InChI is InChI=1S/C27H31N3O5/c1-2-20-25(26(32)27(28)33)24-21(29(20)16-18-10-5-3-6-11-18)14-9-15-22(24)35-17-23(31)30(34)19-12-7-4-8-13-19/h3,5-6,9-11,14-15,19,34H,2,4,7-8,12-13,16-17H2,1H3,(H2,28,33). The fourth-order valence-electron chi connectivity index (χ4n) is 4.96. The second-order valence-electron chi connectivity index (χ2n) is 8.91. The molecule has 1 aromatic heterocycles. The Kier molecular flexibility index (Phi) is 7.51. The molecule has 0 aliphatic heterocycles. The highest BCUT2D eigenvalue weighted by atomic mass is 16.5. The molecule has 1 aliphatic carbocycles. The minimum absolute atomic E-state index is 0.196. The van der Waals surface area contributed by atoms with Gasteiger partial charge in [-0.2, -0.15) is 0 Å². The lowest BCUT2D eigenvalue weighted by atomic mass is 9.95. The van der Waals surface area contributed by atoms with Gasteiger partial charge in [0.25, 0.3) is 17.6 Å². The van der Waals surface area contributed by atoms with Crippen molar-refractivity contribution in [1.29, 1.82) is 0 Å². The van der Waals surface area contributed by atoms with Gasteiger partial charge in [0.05, 0.1) is 22.5 Å². The summed E-state index contributed by atoms with van der Waals surface area (Å²) in [5.74, 6) is -2.11. The van der Waals surface area contributed by atoms with Gasteiger partial charge in [-0.1, -0.05) is 62.6 Å². The monoisotopic (exact) mass is 477 g/mol. The Balaban J connectivity index is 1.72. The number of carbonyl (C=O) groups excluding carboxylic acids is 3. The van der Waals surface area contributed by atoms with Crippen molar-refractivity contribution < 1.29 is 24.3 Å². The molecule has 1 saturated carbocycles. The molecule has 35 heavy (non-hydrogen) atoms. The Morgan fingerprint density at radius 3 is 2.43 bits per heavy atom. The maximum absolute atomic E-state index is 13.0. The van der Waals surface area contributed by atoms with Gasteiger partial charge < -0.3 is 15.0 Å². The third-order valence-corrected chi connectivity index (χ3v) is 6.66. The van der Waals surface area contributed by atoms with E-state index >= 15 is 0 Å². The second kappa shape index (κ2) is 10.7. The summed E-state index contributed by atoms with van der Waals surface area (Å²) in [5, 5.41) is 11.6. The third kappa shape index (κ3) is 5.07. The zero-order chi connectivity index (χ0) is 24.9. The molecular weight excluding hydrogens is 446 g/mol. The topological polar surface area (TPSA) is 115 Å². The molecule has 1 heterocycles. The van der Waals surface area contributed by atoms with Crippen LogP contribution < -0.4 is 10.5 Å². The zero-order valence-electron chi connectivity index (χ0n) is 19.9. The largest absolute Gasteiger partial charge is 0.483 e. The van der Waals surface area contributed by atoms with Crippen molar-refractivity contribution in [3.63, 3.8) is 0 Å². The van der Waals surface area contributed by atoms with Crippen molar-refractivity contribution in [2.24, 2.45) is 5.73 Å². The van der Waals surface area contributed by atoms with Crippen molar-refractivity contribution in [2.75, 3.05) is 6.61 Å². The molecule has 2 aromatic carbocycles. The van der Waals surface area contributed by atoms with Crippen molar-refractivity contribution in [1.82, 2.24) is 9.63 Å². The summed E-state index contributed by atoms with van der Waals surface area (Å²) in [7, 11) is 0. The lowest BCUT2D eigenvalue weighted by Crippen LogP contribution is -2.41.